The molecule has 2 aromatic rings. The number of hydrogen-bond acceptors (Lipinski definition) is 0. The molecule has 0 aliphatic heterocycles. The molecule has 0 spiro atoms. The van der Waals surface area contributed by atoms with Crippen molar-refractivity contribution in [3.8, 4) is 11.1 Å². The van der Waals surface area contributed by atoms with E-state index in [1.807, 2.05) is 0 Å². The van der Waals surface area contributed by atoms with Crippen molar-refractivity contribution in [1.82, 2.24) is 0 Å². The minimum absolute atomic E-state index is 0.258. The average molecular weight is 340 g/mol. The summed E-state index contributed by atoms with van der Waals surface area (Å²) in [5.74, 6) is 0.258. The van der Waals surface area contributed by atoms with Gasteiger partial charge in [-0.3, -0.25) is 0 Å². The van der Waals surface area contributed by atoms with Crippen molar-refractivity contribution in [2.45, 2.75) is 5.88 Å². The van der Waals surface area contributed by atoms with E-state index < -0.39 is 0 Å². The van der Waals surface area contributed by atoms with Crippen LogP contribution in [-0.4, -0.2) is 0 Å². The molecule has 0 unspecified atom stereocenters. The van der Waals surface area contributed by atoms with Crippen LogP contribution in [0.2, 0.25) is 20.1 Å². The van der Waals surface area contributed by atoms with E-state index in [-0.39, 0.29) is 5.88 Å². The van der Waals surface area contributed by atoms with Gasteiger partial charge in [0, 0.05) is 31.2 Å². The predicted molar refractivity (Wildman–Crippen MR) is 81.5 cm³/mol. The fraction of sp³-hybridized carbons (Fsp3) is 0.0769. The number of hydrogen-bond donors (Lipinski definition) is 0. The topological polar surface area (TPSA) is 0 Å². The van der Waals surface area contributed by atoms with Crippen LogP contribution < -0.4 is 0 Å². The van der Waals surface area contributed by atoms with Gasteiger partial charge in [0.2, 0.25) is 0 Å². The van der Waals surface area contributed by atoms with Crippen LogP contribution in [-0.2, 0) is 5.88 Å². The molecule has 0 saturated carbocycles. The van der Waals surface area contributed by atoms with E-state index in [2.05, 4.69) is 0 Å². The summed E-state index contributed by atoms with van der Waals surface area (Å²) in [4.78, 5) is 0. The zero-order valence-electron chi connectivity index (χ0n) is 8.98. The van der Waals surface area contributed by atoms with E-state index in [0.717, 1.165) is 5.56 Å². The minimum atomic E-state index is 0.258. The summed E-state index contributed by atoms with van der Waals surface area (Å²) in [6.45, 7) is 0. The first-order valence-corrected chi connectivity index (χ1v) is 7.07. The maximum atomic E-state index is 6.15. The first kappa shape index (κ1) is 14.3. The molecule has 0 aromatic heterocycles. The second-order valence-corrected chi connectivity index (χ2v) is 5.54. The molecular formula is C13H7Cl5. The Morgan fingerprint density at radius 2 is 1.28 bits per heavy atom. The monoisotopic (exact) mass is 338 g/mol. The molecule has 0 saturated heterocycles. The number of alkyl halides is 1. The van der Waals surface area contributed by atoms with Crippen LogP contribution >= 0.6 is 58.0 Å². The van der Waals surface area contributed by atoms with Crippen molar-refractivity contribution in [3.63, 3.8) is 0 Å². The lowest BCUT2D eigenvalue weighted by Gasteiger charge is -2.11. The molecule has 18 heavy (non-hydrogen) atoms. The number of halogens is 5. The van der Waals surface area contributed by atoms with Crippen LogP contribution in [0, 0.1) is 0 Å². The van der Waals surface area contributed by atoms with Crippen molar-refractivity contribution >= 4 is 58.0 Å². The van der Waals surface area contributed by atoms with Crippen molar-refractivity contribution in [1.29, 1.82) is 0 Å². The van der Waals surface area contributed by atoms with Gasteiger partial charge in [0.1, 0.15) is 0 Å². The summed E-state index contributed by atoms with van der Waals surface area (Å²) in [6, 6.07) is 8.83. The second-order valence-electron chi connectivity index (χ2n) is 3.65. The molecule has 0 fully saturated rings. The van der Waals surface area contributed by atoms with Gasteiger partial charge in [-0.25, -0.2) is 0 Å². The van der Waals surface area contributed by atoms with Gasteiger partial charge in [0.25, 0.3) is 0 Å². The van der Waals surface area contributed by atoms with Crippen LogP contribution in [0.4, 0.5) is 0 Å². The highest BCUT2D eigenvalue weighted by molar-refractivity contribution is 6.40. The van der Waals surface area contributed by atoms with Crippen LogP contribution in [0.3, 0.4) is 0 Å². The molecular weight excluding hydrogens is 333 g/mol. The van der Waals surface area contributed by atoms with Crippen LogP contribution in [0.5, 0.6) is 0 Å². The molecule has 5 heteroatoms. The fourth-order valence-electron chi connectivity index (χ4n) is 1.65. The Morgan fingerprint density at radius 1 is 0.778 bits per heavy atom. The Labute approximate surface area is 130 Å². The van der Waals surface area contributed by atoms with E-state index in [0.29, 0.717) is 31.2 Å². The molecule has 0 amide bonds. The molecule has 0 aliphatic rings. The third-order valence-corrected chi connectivity index (χ3v) is 4.10. The quantitative estimate of drug-likeness (QED) is 0.533. The van der Waals surface area contributed by atoms with E-state index in [1.165, 1.54) is 0 Å². The Morgan fingerprint density at radius 3 is 1.72 bits per heavy atom. The smallest absolute Gasteiger partial charge is 0.0503 e. The second kappa shape index (κ2) is 5.90. The van der Waals surface area contributed by atoms with Gasteiger partial charge in [0.15, 0.2) is 0 Å². The van der Waals surface area contributed by atoms with Crippen molar-refractivity contribution in [2.24, 2.45) is 0 Å². The lowest BCUT2D eigenvalue weighted by atomic mass is 10.0. The summed E-state index contributed by atoms with van der Waals surface area (Å²) < 4.78 is 0. The Bertz CT molecular complexity index is 549. The summed E-state index contributed by atoms with van der Waals surface area (Å²) in [6.07, 6.45) is 0. The lowest BCUT2D eigenvalue weighted by molar-refractivity contribution is 1.40. The number of rotatable bonds is 2. The molecule has 94 valence electrons. The van der Waals surface area contributed by atoms with Gasteiger partial charge < -0.3 is 0 Å². The summed E-state index contributed by atoms with van der Waals surface area (Å²) >= 11 is 30.3. The lowest BCUT2D eigenvalue weighted by Crippen LogP contribution is -1.87. The number of benzene rings is 2. The van der Waals surface area contributed by atoms with Crippen molar-refractivity contribution in [2.75, 3.05) is 0 Å². The van der Waals surface area contributed by atoms with Crippen LogP contribution in [0.15, 0.2) is 30.3 Å². The Kier molecular flexibility index (Phi) is 4.69. The van der Waals surface area contributed by atoms with Gasteiger partial charge in [0.05, 0.1) is 5.88 Å². The molecule has 0 bridgehead atoms. The highest BCUT2D eigenvalue weighted by Crippen LogP contribution is 2.39. The van der Waals surface area contributed by atoms with Gasteiger partial charge >= 0.3 is 0 Å². The van der Waals surface area contributed by atoms with E-state index in [1.54, 1.807) is 30.3 Å². The standard InChI is InChI=1S/C13H7Cl5/c14-6-8-11(17)4-7(5-12(8)18)13-9(15)2-1-3-10(13)16/h1-5H,6H2. The molecule has 0 atom stereocenters. The van der Waals surface area contributed by atoms with Gasteiger partial charge in [-0.15, -0.1) is 11.6 Å². The van der Waals surface area contributed by atoms with Gasteiger partial charge in [-0.2, -0.15) is 0 Å². The SMILES string of the molecule is ClCc1c(Cl)cc(-c2c(Cl)cccc2Cl)cc1Cl. The Hall–Kier alpha value is -0.110. The van der Waals surface area contributed by atoms with Gasteiger partial charge in [-0.1, -0.05) is 52.5 Å². The first-order valence-electron chi connectivity index (χ1n) is 5.03. The van der Waals surface area contributed by atoms with E-state index in [4.69, 9.17) is 58.0 Å². The van der Waals surface area contributed by atoms with Crippen molar-refractivity contribution < 1.29 is 0 Å². The summed E-state index contributed by atoms with van der Waals surface area (Å²) in [5.41, 5.74) is 2.19. The maximum absolute atomic E-state index is 6.15. The summed E-state index contributed by atoms with van der Waals surface area (Å²) in [7, 11) is 0. The van der Waals surface area contributed by atoms with E-state index >= 15 is 0 Å². The molecule has 0 N–H and O–H groups in total. The highest BCUT2D eigenvalue weighted by atomic mass is 35.5. The normalized spacial score (nSPS) is 10.7. The van der Waals surface area contributed by atoms with Crippen LogP contribution in [0.1, 0.15) is 5.56 Å². The zero-order valence-corrected chi connectivity index (χ0v) is 12.8. The third-order valence-electron chi connectivity index (χ3n) is 2.53. The minimum Gasteiger partial charge on any atom is -0.121 e. The molecule has 0 heterocycles. The average Bonchev–Trinajstić information content (AvgIpc) is 2.28. The molecule has 0 nitrogen and oxygen atoms in total. The summed E-state index contributed by atoms with van der Waals surface area (Å²) in [5, 5.41) is 2.11. The van der Waals surface area contributed by atoms with Crippen LogP contribution in [0.25, 0.3) is 11.1 Å². The Balaban J connectivity index is 2.66. The van der Waals surface area contributed by atoms with Crippen molar-refractivity contribution in [3.05, 3.63) is 56.0 Å². The molecule has 2 rings (SSSR count). The largest absolute Gasteiger partial charge is 0.121 e. The predicted octanol–water partition coefficient (Wildman–Crippen LogP) is 6.71. The fourth-order valence-corrected chi connectivity index (χ4v) is 3.31. The molecule has 0 radical (unpaired) electrons. The van der Waals surface area contributed by atoms with Gasteiger partial charge in [-0.05, 0) is 29.8 Å². The zero-order chi connectivity index (χ0) is 13.3. The third kappa shape index (κ3) is 2.74. The molecule has 2 aromatic carbocycles. The highest BCUT2D eigenvalue weighted by Gasteiger charge is 2.13. The maximum Gasteiger partial charge on any atom is 0.0503 e. The molecule has 0 aliphatic carbocycles. The first-order chi connectivity index (χ1) is 8.54. The van der Waals surface area contributed by atoms with E-state index in [9.17, 15) is 0 Å².